The zero-order valence-electron chi connectivity index (χ0n) is 11.1. The van der Waals surface area contributed by atoms with Crippen molar-refractivity contribution in [3.05, 3.63) is 16.1 Å². The monoisotopic (exact) mass is 267 g/mol. The van der Waals surface area contributed by atoms with Gasteiger partial charge in [-0.2, -0.15) is 0 Å². The first-order valence-corrected chi connectivity index (χ1v) is 7.48. The second kappa shape index (κ2) is 5.80. The predicted molar refractivity (Wildman–Crippen MR) is 73.6 cm³/mol. The van der Waals surface area contributed by atoms with Crippen LogP contribution in [0.2, 0.25) is 0 Å². The quantitative estimate of drug-likeness (QED) is 0.856. The number of aryl methyl sites for hydroxylation is 1. The van der Waals surface area contributed by atoms with Crippen molar-refractivity contribution < 1.29 is 4.79 Å². The lowest BCUT2D eigenvalue weighted by atomic mass is 9.93. The molecule has 1 unspecified atom stereocenters. The van der Waals surface area contributed by atoms with E-state index in [1.54, 1.807) is 11.3 Å². The Balaban J connectivity index is 1.91. The molecule has 0 bridgehead atoms. The van der Waals surface area contributed by atoms with Crippen molar-refractivity contribution in [3.8, 4) is 0 Å². The lowest BCUT2D eigenvalue weighted by molar-refractivity contribution is -0.127. The lowest BCUT2D eigenvalue weighted by Gasteiger charge is -2.26. The SMILES string of the molecule is CCc1cnc(CNC(=O)C2(CC)CCCN2)s1. The summed E-state index contributed by atoms with van der Waals surface area (Å²) in [6.45, 7) is 5.67. The molecule has 1 aromatic heterocycles. The number of carbonyl (C=O) groups is 1. The molecule has 1 saturated heterocycles. The molecule has 0 saturated carbocycles. The van der Waals surface area contributed by atoms with Gasteiger partial charge in [0.25, 0.3) is 0 Å². The van der Waals surface area contributed by atoms with Crippen LogP contribution in [0.25, 0.3) is 0 Å². The molecule has 2 N–H and O–H groups in total. The van der Waals surface area contributed by atoms with E-state index in [1.165, 1.54) is 4.88 Å². The minimum absolute atomic E-state index is 0.121. The van der Waals surface area contributed by atoms with Crippen LogP contribution in [0.5, 0.6) is 0 Å². The van der Waals surface area contributed by atoms with E-state index in [1.807, 2.05) is 6.20 Å². The number of amides is 1. The van der Waals surface area contributed by atoms with Gasteiger partial charge in [-0.05, 0) is 32.2 Å². The van der Waals surface area contributed by atoms with Crippen LogP contribution in [0.3, 0.4) is 0 Å². The minimum atomic E-state index is -0.342. The summed E-state index contributed by atoms with van der Waals surface area (Å²) in [6, 6.07) is 0. The smallest absolute Gasteiger partial charge is 0.240 e. The van der Waals surface area contributed by atoms with Crippen molar-refractivity contribution in [1.29, 1.82) is 0 Å². The first kappa shape index (κ1) is 13.5. The third kappa shape index (κ3) is 2.72. The van der Waals surface area contributed by atoms with Crippen LogP contribution in [-0.2, 0) is 17.8 Å². The van der Waals surface area contributed by atoms with Crippen LogP contribution in [0, 0.1) is 0 Å². The Hall–Kier alpha value is -0.940. The summed E-state index contributed by atoms with van der Waals surface area (Å²) in [5.74, 6) is 0.121. The molecule has 1 fully saturated rings. The Bertz CT molecular complexity index is 410. The van der Waals surface area contributed by atoms with E-state index in [9.17, 15) is 4.79 Å². The molecule has 100 valence electrons. The lowest BCUT2D eigenvalue weighted by Crippen LogP contribution is -2.52. The van der Waals surface area contributed by atoms with Crippen molar-refractivity contribution in [3.63, 3.8) is 0 Å². The van der Waals surface area contributed by atoms with Gasteiger partial charge >= 0.3 is 0 Å². The van der Waals surface area contributed by atoms with Crippen LogP contribution in [0.4, 0.5) is 0 Å². The van der Waals surface area contributed by atoms with Gasteiger partial charge in [-0.25, -0.2) is 4.98 Å². The van der Waals surface area contributed by atoms with Gasteiger partial charge in [-0.3, -0.25) is 4.79 Å². The summed E-state index contributed by atoms with van der Waals surface area (Å²) in [6.07, 6.45) is 5.77. The fraction of sp³-hybridized carbons (Fsp3) is 0.692. The van der Waals surface area contributed by atoms with Crippen molar-refractivity contribution in [2.45, 2.75) is 51.6 Å². The average Bonchev–Trinajstić information content (AvgIpc) is 3.05. The largest absolute Gasteiger partial charge is 0.348 e. The van der Waals surface area contributed by atoms with Crippen molar-refractivity contribution in [2.24, 2.45) is 0 Å². The highest BCUT2D eigenvalue weighted by Gasteiger charge is 2.38. The Labute approximate surface area is 112 Å². The van der Waals surface area contributed by atoms with E-state index in [0.29, 0.717) is 6.54 Å². The molecule has 2 rings (SSSR count). The van der Waals surface area contributed by atoms with Crippen LogP contribution in [0.1, 0.15) is 43.0 Å². The average molecular weight is 267 g/mol. The third-order valence-corrected chi connectivity index (χ3v) is 4.77. The van der Waals surface area contributed by atoms with Gasteiger partial charge in [-0.15, -0.1) is 11.3 Å². The fourth-order valence-electron chi connectivity index (χ4n) is 2.38. The number of carbonyl (C=O) groups excluding carboxylic acids is 1. The molecule has 2 heterocycles. The summed E-state index contributed by atoms with van der Waals surface area (Å²) in [4.78, 5) is 17.8. The Morgan fingerprint density at radius 3 is 3.00 bits per heavy atom. The number of thiazole rings is 1. The molecule has 1 aliphatic rings. The fourth-order valence-corrected chi connectivity index (χ4v) is 3.18. The Morgan fingerprint density at radius 2 is 2.44 bits per heavy atom. The maximum Gasteiger partial charge on any atom is 0.240 e. The number of rotatable bonds is 5. The Morgan fingerprint density at radius 1 is 1.61 bits per heavy atom. The zero-order chi connectivity index (χ0) is 13.0. The normalized spacial score (nSPS) is 23.2. The predicted octanol–water partition coefficient (Wildman–Crippen LogP) is 1.85. The molecule has 4 nitrogen and oxygen atoms in total. The van der Waals surface area contributed by atoms with Crippen LogP contribution in [0.15, 0.2) is 6.20 Å². The molecule has 0 spiro atoms. The van der Waals surface area contributed by atoms with Gasteiger partial charge in [-0.1, -0.05) is 13.8 Å². The second-order valence-electron chi connectivity index (χ2n) is 4.72. The van der Waals surface area contributed by atoms with E-state index in [0.717, 1.165) is 37.2 Å². The Kier molecular flexibility index (Phi) is 4.35. The van der Waals surface area contributed by atoms with Gasteiger partial charge in [0.15, 0.2) is 0 Å². The maximum atomic E-state index is 12.3. The summed E-state index contributed by atoms with van der Waals surface area (Å²) < 4.78 is 0. The summed E-state index contributed by atoms with van der Waals surface area (Å²) in [7, 11) is 0. The van der Waals surface area contributed by atoms with E-state index < -0.39 is 0 Å². The minimum Gasteiger partial charge on any atom is -0.348 e. The van der Waals surface area contributed by atoms with E-state index in [-0.39, 0.29) is 11.4 Å². The molecule has 1 atom stereocenters. The van der Waals surface area contributed by atoms with Gasteiger partial charge < -0.3 is 10.6 Å². The molecular formula is C13H21N3OS. The second-order valence-corrected chi connectivity index (χ2v) is 5.92. The number of nitrogens with one attached hydrogen (secondary N) is 2. The zero-order valence-corrected chi connectivity index (χ0v) is 11.9. The van der Waals surface area contributed by atoms with Crippen LogP contribution < -0.4 is 10.6 Å². The highest BCUT2D eigenvalue weighted by Crippen LogP contribution is 2.23. The molecule has 0 aliphatic carbocycles. The number of aromatic nitrogens is 1. The topological polar surface area (TPSA) is 54.0 Å². The van der Waals surface area contributed by atoms with Gasteiger partial charge in [0, 0.05) is 11.1 Å². The molecule has 0 radical (unpaired) electrons. The summed E-state index contributed by atoms with van der Waals surface area (Å²) in [5, 5.41) is 7.35. The standard InChI is InChI=1S/C13H21N3OS/c1-3-10-8-14-11(18-10)9-15-12(17)13(4-2)6-5-7-16-13/h8,16H,3-7,9H2,1-2H3,(H,15,17). The van der Waals surface area contributed by atoms with Gasteiger partial charge in [0.05, 0.1) is 12.1 Å². The molecule has 0 aromatic carbocycles. The molecule has 1 amide bonds. The molecule has 1 aliphatic heterocycles. The first-order valence-electron chi connectivity index (χ1n) is 6.67. The summed E-state index contributed by atoms with van der Waals surface area (Å²) in [5.41, 5.74) is -0.342. The van der Waals surface area contributed by atoms with Crippen molar-refractivity contribution in [1.82, 2.24) is 15.6 Å². The maximum absolute atomic E-state index is 12.3. The van der Waals surface area contributed by atoms with Gasteiger partial charge in [0.2, 0.25) is 5.91 Å². The van der Waals surface area contributed by atoms with E-state index >= 15 is 0 Å². The highest BCUT2D eigenvalue weighted by atomic mass is 32.1. The first-order chi connectivity index (χ1) is 8.70. The van der Waals surface area contributed by atoms with E-state index in [2.05, 4.69) is 29.5 Å². The van der Waals surface area contributed by atoms with Crippen molar-refractivity contribution in [2.75, 3.05) is 6.54 Å². The molecule has 1 aromatic rings. The van der Waals surface area contributed by atoms with E-state index in [4.69, 9.17) is 0 Å². The molecular weight excluding hydrogens is 246 g/mol. The molecule has 5 heteroatoms. The summed E-state index contributed by atoms with van der Waals surface area (Å²) >= 11 is 1.68. The molecule has 18 heavy (non-hydrogen) atoms. The highest BCUT2D eigenvalue weighted by molar-refractivity contribution is 7.11. The van der Waals surface area contributed by atoms with Gasteiger partial charge in [0.1, 0.15) is 5.01 Å². The number of nitrogens with zero attached hydrogens (tertiary/aromatic N) is 1. The van der Waals surface area contributed by atoms with Crippen molar-refractivity contribution >= 4 is 17.2 Å². The van der Waals surface area contributed by atoms with Crippen LogP contribution in [-0.4, -0.2) is 23.0 Å². The third-order valence-electron chi connectivity index (χ3n) is 3.63. The number of hydrogen-bond acceptors (Lipinski definition) is 4. The van der Waals surface area contributed by atoms with Crippen LogP contribution >= 0.6 is 11.3 Å². The number of hydrogen-bond donors (Lipinski definition) is 2.